The van der Waals surface area contributed by atoms with Gasteiger partial charge >= 0.3 is 0 Å². The third kappa shape index (κ3) is 5.65. The number of nitrogens with zero attached hydrogens (tertiary/aromatic N) is 6. The molecule has 3 heterocycles. The molecule has 1 aliphatic carbocycles. The minimum atomic E-state index is -0.372. The van der Waals surface area contributed by atoms with Crippen LogP contribution >= 0.6 is 0 Å². The molecule has 9 nitrogen and oxygen atoms in total. The first kappa shape index (κ1) is 28.4. The van der Waals surface area contributed by atoms with Gasteiger partial charge in [0.15, 0.2) is 5.82 Å². The molecule has 0 bridgehead atoms. The van der Waals surface area contributed by atoms with Gasteiger partial charge in [-0.1, -0.05) is 73.5 Å². The van der Waals surface area contributed by atoms with Crippen LogP contribution < -0.4 is 10.3 Å². The van der Waals surface area contributed by atoms with Crippen LogP contribution in [-0.4, -0.2) is 67.8 Å². The van der Waals surface area contributed by atoms with Gasteiger partial charge in [0.05, 0.1) is 18.7 Å². The van der Waals surface area contributed by atoms with E-state index in [0.717, 1.165) is 61.5 Å². The Morgan fingerprint density at radius 1 is 0.841 bits per heavy atom. The second kappa shape index (κ2) is 12.7. The summed E-state index contributed by atoms with van der Waals surface area (Å²) >= 11 is 0. The summed E-state index contributed by atoms with van der Waals surface area (Å²) in [7, 11) is 0. The molecule has 0 radical (unpaired) electrons. The first-order valence-electron chi connectivity index (χ1n) is 15.8. The molecule has 1 aliphatic heterocycles. The summed E-state index contributed by atoms with van der Waals surface area (Å²) in [5.41, 5.74) is 3.91. The Balaban J connectivity index is 1.25. The molecule has 2 aromatic heterocycles. The number of pyridine rings is 1. The summed E-state index contributed by atoms with van der Waals surface area (Å²) in [6.07, 6.45) is 4.45. The summed E-state index contributed by atoms with van der Waals surface area (Å²) in [5, 5.41) is 14.2. The highest BCUT2D eigenvalue weighted by Crippen LogP contribution is 2.36. The molecule has 3 aromatic carbocycles. The van der Waals surface area contributed by atoms with Crippen molar-refractivity contribution in [2.75, 3.05) is 32.8 Å². The van der Waals surface area contributed by atoms with E-state index in [-0.39, 0.29) is 23.7 Å². The molecule has 0 unspecified atom stereocenters. The van der Waals surface area contributed by atoms with Gasteiger partial charge in [-0.25, -0.2) is 4.68 Å². The number of H-pyrrole nitrogens is 1. The molecule has 1 atom stereocenters. The second-order valence-electron chi connectivity index (χ2n) is 11.9. The van der Waals surface area contributed by atoms with Crippen molar-refractivity contribution in [2.45, 2.75) is 50.7 Å². The molecule has 5 aromatic rings. The van der Waals surface area contributed by atoms with Gasteiger partial charge in [-0.05, 0) is 65.6 Å². The molecule has 2 fully saturated rings. The monoisotopic (exact) mass is 589 g/mol. The van der Waals surface area contributed by atoms with Crippen molar-refractivity contribution in [1.29, 1.82) is 0 Å². The van der Waals surface area contributed by atoms with Crippen LogP contribution in [0.2, 0.25) is 0 Å². The van der Waals surface area contributed by atoms with Crippen molar-refractivity contribution < 1.29 is 4.74 Å². The van der Waals surface area contributed by atoms with Gasteiger partial charge in [0.25, 0.3) is 5.56 Å². The van der Waals surface area contributed by atoms with Crippen molar-refractivity contribution in [3.63, 3.8) is 0 Å². The van der Waals surface area contributed by atoms with Gasteiger partial charge in [0.1, 0.15) is 11.8 Å². The van der Waals surface area contributed by atoms with Crippen LogP contribution in [0.15, 0.2) is 89.7 Å². The predicted molar refractivity (Wildman–Crippen MR) is 171 cm³/mol. The Labute approximate surface area is 257 Å². The fraction of sp³-hybridized carbons (Fsp3) is 0.371. The van der Waals surface area contributed by atoms with Gasteiger partial charge < -0.3 is 9.72 Å². The zero-order valence-corrected chi connectivity index (χ0v) is 25.2. The number of ether oxygens (including phenoxy) is 1. The molecule has 44 heavy (non-hydrogen) atoms. The molecule has 226 valence electrons. The smallest absolute Gasteiger partial charge is 0.253 e. The van der Waals surface area contributed by atoms with Crippen LogP contribution in [0, 0.1) is 0 Å². The highest BCUT2D eigenvalue weighted by Gasteiger charge is 2.36. The van der Waals surface area contributed by atoms with E-state index < -0.39 is 0 Å². The van der Waals surface area contributed by atoms with E-state index in [9.17, 15) is 4.79 Å². The van der Waals surface area contributed by atoms with Gasteiger partial charge in [-0.3, -0.25) is 14.6 Å². The lowest BCUT2D eigenvalue weighted by Crippen LogP contribution is -2.50. The maximum Gasteiger partial charge on any atom is 0.253 e. The molecular formula is C35H39N7O2. The number of hydrogen-bond donors (Lipinski definition) is 1. The first-order valence-corrected chi connectivity index (χ1v) is 15.8. The highest BCUT2D eigenvalue weighted by atomic mass is 16.5. The number of benzene rings is 3. The van der Waals surface area contributed by atoms with E-state index in [4.69, 9.17) is 4.74 Å². The first-order chi connectivity index (χ1) is 21.7. The van der Waals surface area contributed by atoms with E-state index in [2.05, 4.69) is 91.0 Å². The summed E-state index contributed by atoms with van der Waals surface area (Å²) in [6.45, 7) is 5.79. The normalized spacial score (nSPS) is 17.4. The van der Waals surface area contributed by atoms with E-state index in [1.54, 1.807) is 0 Å². The highest BCUT2D eigenvalue weighted by molar-refractivity contribution is 5.80. The SMILES string of the molecule is CCOc1ccc2[nH]c(=O)c([C@@H](c3nnnn3C3CCCC3)N3CCN(C(c4ccccc4)c4ccccc4)CC3)cc2c1. The van der Waals surface area contributed by atoms with Crippen LogP contribution in [0.4, 0.5) is 0 Å². The standard InChI is InChI=1S/C35H39N7O2/c1-2-44-29-17-18-31-27(23-29)24-30(35(43)36-31)33(34-37-38-39-42(34)28-15-9-10-16-28)41-21-19-40(20-22-41)32(25-11-5-3-6-12-25)26-13-7-4-8-14-26/h3-8,11-14,17-18,23-24,28,32-33H,2,9-10,15-16,19-22H2,1H3,(H,36,43)/t33-/m0/s1. The minimum Gasteiger partial charge on any atom is -0.494 e. The van der Waals surface area contributed by atoms with Crippen LogP contribution in [-0.2, 0) is 0 Å². The Morgan fingerprint density at radius 2 is 1.48 bits per heavy atom. The van der Waals surface area contributed by atoms with Gasteiger partial charge in [-0.2, -0.15) is 0 Å². The summed E-state index contributed by atoms with van der Waals surface area (Å²) < 4.78 is 7.78. The lowest BCUT2D eigenvalue weighted by Gasteiger charge is -2.42. The number of nitrogens with one attached hydrogen (secondary N) is 1. The lowest BCUT2D eigenvalue weighted by molar-refractivity contribution is 0.0850. The number of aromatic nitrogens is 5. The molecular weight excluding hydrogens is 550 g/mol. The van der Waals surface area contributed by atoms with Crippen LogP contribution in [0.25, 0.3) is 10.9 Å². The van der Waals surface area contributed by atoms with Crippen LogP contribution in [0.1, 0.15) is 73.2 Å². The van der Waals surface area contributed by atoms with E-state index in [0.29, 0.717) is 12.2 Å². The van der Waals surface area contributed by atoms with Gasteiger partial charge in [-0.15, -0.1) is 5.10 Å². The molecule has 9 heteroatoms. The van der Waals surface area contributed by atoms with Crippen molar-refractivity contribution in [2.24, 2.45) is 0 Å². The molecule has 0 amide bonds. The maximum absolute atomic E-state index is 13.8. The quantitative estimate of drug-likeness (QED) is 0.242. The van der Waals surface area contributed by atoms with Crippen molar-refractivity contribution in [3.8, 4) is 5.75 Å². The number of fused-ring (bicyclic) bond motifs is 1. The molecule has 1 saturated carbocycles. The predicted octanol–water partition coefficient (Wildman–Crippen LogP) is 5.53. The molecule has 7 rings (SSSR count). The number of aromatic amines is 1. The van der Waals surface area contributed by atoms with Crippen molar-refractivity contribution >= 4 is 10.9 Å². The molecule has 1 N–H and O–H groups in total. The summed E-state index contributed by atoms with van der Waals surface area (Å²) in [4.78, 5) is 21.9. The summed E-state index contributed by atoms with van der Waals surface area (Å²) in [5.74, 6) is 1.53. The number of rotatable bonds is 9. The number of tetrazole rings is 1. The Hall–Kier alpha value is -4.34. The third-order valence-electron chi connectivity index (χ3n) is 9.19. The zero-order chi connectivity index (χ0) is 29.9. The van der Waals surface area contributed by atoms with Crippen LogP contribution in [0.5, 0.6) is 5.75 Å². The second-order valence-corrected chi connectivity index (χ2v) is 11.9. The fourth-order valence-electron chi connectivity index (χ4n) is 7.09. The van der Waals surface area contributed by atoms with Crippen LogP contribution in [0.3, 0.4) is 0 Å². The summed E-state index contributed by atoms with van der Waals surface area (Å²) in [6, 6.07) is 29.3. The zero-order valence-electron chi connectivity index (χ0n) is 25.2. The molecule has 0 spiro atoms. The molecule has 1 saturated heterocycles. The van der Waals surface area contributed by atoms with Gasteiger partial charge in [0.2, 0.25) is 0 Å². The average Bonchev–Trinajstić information content (AvgIpc) is 3.77. The van der Waals surface area contributed by atoms with Crippen molar-refractivity contribution in [3.05, 3.63) is 118 Å². The average molecular weight is 590 g/mol. The number of piperazine rings is 1. The van der Waals surface area contributed by atoms with Crippen molar-refractivity contribution in [1.82, 2.24) is 35.0 Å². The maximum atomic E-state index is 13.8. The third-order valence-corrected chi connectivity index (χ3v) is 9.19. The van der Waals surface area contributed by atoms with E-state index in [1.807, 2.05) is 35.9 Å². The Kier molecular flexibility index (Phi) is 8.22. The van der Waals surface area contributed by atoms with E-state index in [1.165, 1.54) is 24.0 Å². The number of hydrogen-bond acceptors (Lipinski definition) is 7. The lowest BCUT2D eigenvalue weighted by atomic mass is 9.96. The van der Waals surface area contributed by atoms with E-state index >= 15 is 0 Å². The fourth-order valence-corrected chi connectivity index (χ4v) is 7.09. The Morgan fingerprint density at radius 3 is 2.11 bits per heavy atom. The minimum absolute atomic E-state index is 0.110. The topological polar surface area (TPSA) is 92.2 Å². The largest absolute Gasteiger partial charge is 0.494 e. The molecule has 2 aliphatic rings. The van der Waals surface area contributed by atoms with Gasteiger partial charge in [0, 0.05) is 42.6 Å². The Bertz CT molecular complexity index is 1700.